The first-order chi connectivity index (χ1) is 24.6. The fraction of sp³-hybridized carbons (Fsp3) is 0.410. The number of benzene rings is 3. The highest BCUT2D eigenvalue weighted by Gasteiger charge is 2.44. The predicted molar refractivity (Wildman–Crippen MR) is 193 cm³/mol. The zero-order valence-corrected chi connectivity index (χ0v) is 28.4. The first-order valence-corrected chi connectivity index (χ1v) is 17.7. The molecule has 2 fully saturated rings. The van der Waals surface area contributed by atoms with Gasteiger partial charge in [0.15, 0.2) is 23.2 Å². The first-order valence-electron chi connectivity index (χ1n) is 17.7. The molecule has 0 spiro atoms. The van der Waals surface area contributed by atoms with Crippen molar-refractivity contribution in [3.63, 3.8) is 0 Å². The molecule has 0 unspecified atom stereocenters. The second-order valence-electron chi connectivity index (χ2n) is 13.4. The summed E-state index contributed by atoms with van der Waals surface area (Å²) in [5.41, 5.74) is 4.79. The van der Waals surface area contributed by atoms with Crippen molar-refractivity contribution >= 4 is 17.0 Å². The van der Waals surface area contributed by atoms with Crippen LogP contribution in [0.1, 0.15) is 60.3 Å². The van der Waals surface area contributed by atoms with Crippen LogP contribution in [0.4, 0.5) is 5.82 Å². The molecular weight excluding hydrogens is 630 g/mol. The number of aliphatic hydroxyl groups is 2. The van der Waals surface area contributed by atoms with Crippen LogP contribution >= 0.6 is 0 Å². The maximum Gasteiger partial charge on any atom is 0.168 e. The van der Waals surface area contributed by atoms with Gasteiger partial charge in [0.25, 0.3) is 0 Å². The Hall–Kier alpha value is -4.23. The lowest BCUT2D eigenvalue weighted by Crippen LogP contribution is -2.39. The van der Waals surface area contributed by atoms with Crippen LogP contribution in [0, 0.1) is 0 Å². The molecule has 0 bridgehead atoms. The number of fused-ring (bicyclic) bond motifs is 1. The summed E-state index contributed by atoms with van der Waals surface area (Å²) in [6.45, 7) is 2.10. The Bertz CT molecular complexity index is 1740. The number of aliphatic hydroxyl groups excluding tert-OH is 2. The van der Waals surface area contributed by atoms with Crippen LogP contribution in [0.15, 0.2) is 97.3 Å². The van der Waals surface area contributed by atoms with E-state index in [2.05, 4.69) is 94.8 Å². The topological polar surface area (TPSA) is 139 Å². The van der Waals surface area contributed by atoms with Gasteiger partial charge < -0.3 is 35.6 Å². The van der Waals surface area contributed by atoms with Gasteiger partial charge in [-0.2, -0.15) is 0 Å². The number of ether oxygens (including phenoxy) is 2. The van der Waals surface area contributed by atoms with Gasteiger partial charge in [0.2, 0.25) is 0 Å². The Morgan fingerprint density at radius 2 is 1.40 bits per heavy atom. The molecular formula is C39H47N7O4. The molecule has 0 radical (unpaired) electrons. The van der Waals surface area contributed by atoms with Crippen LogP contribution in [0.3, 0.4) is 0 Å². The number of nitrogens with one attached hydrogen (secondary N) is 3. The molecule has 1 aliphatic carbocycles. The molecule has 5 N–H and O–H groups in total. The third-order valence-corrected chi connectivity index (χ3v) is 10.0. The second kappa shape index (κ2) is 16.2. The quantitative estimate of drug-likeness (QED) is 0.114. The van der Waals surface area contributed by atoms with E-state index in [-0.39, 0.29) is 12.5 Å². The van der Waals surface area contributed by atoms with Crippen LogP contribution < -0.4 is 16.0 Å². The molecule has 1 saturated carbocycles. The fourth-order valence-electron chi connectivity index (χ4n) is 7.20. The molecule has 7 rings (SSSR count). The number of rotatable bonds is 14. The van der Waals surface area contributed by atoms with Crippen LogP contribution in [-0.2, 0) is 22.6 Å². The largest absolute Gasteiger partial charge is 0.387 e. The maximum absolute atomic E-state index is 11.0. The standard InChI is InChI=1S/C39H47N7O4/c1-49-24-32-35(47)36(48)39(50-32)46-25-43-34-37(42-22-31(27-13-7-3-8-14-27)28-15-9-4-10-16-28)44-33(45-38(34)46)23-41-30-19-17-29(18-20-30)40-21-26-11-5-2-6-12-26/h2-16,25,29-32,35-36,39-41,47-48H,17-24H2,1H3,(H,42,44,45)/t29-,30-,32-,35-,36-,39-/m1/s1. The zero-order chi connectivity index (χ0) is 34.3. The van der Waals surface area contributed by atoms with Crippen molar-refractivity contribution in [2.45, 2.75) is 81.3 Å². The maximum atomic E-state index is 11.0. The molecule has 2 aliphatic rings. The fourth-order valence-corrected chi connectivity index (χ4v) is 7.20. The molecule has 4 atom stereocenters. The number of aromatic nitrogens is 4. The van der Waals surface area contributed by atoms with Gasteiger partial charge in [-0.15, -0.1) is 0 Å². The van der Waals surface area contributed by atoms with E-state index in [0.29, 0.717) is 48.0 Å². The minimum atomic E-state index is -1.17. The van der Waals surface area contributed by atoms with E-state index in [1.165, 1.54) is 16.7 Å². The van der Waals surface area contributed by atoms with Gasteiger partial charge in [0.1, 0.15) is 24.1 Å². The van der Waals surface area contributed by atoms with E-state index in [0.717, 1.165) is 32.2 Å². The lowest BCUT2D eigenvalue weighted by molar-refractivity contribution is -0.0580. The summed E-state index contributed by atoms with van der Waals surface area (Å²) in [5, 5.41) is 32.7. The first kappa shape index (κ1) is 34.2. The van der Waals surface area contributed by atoms with Crippen molar-refractivity contribution in [2.24, 2.45) is 0 Å². The summed E-state index contributed by atoms with van der Waals surface area (Å²) in [6.07, 6.45) is 2.11. The van der Waals surface area contributed by atoms with E-state index >= 15 is 0 Å². The van der Waals surface area contributed by atoms with E-state index in [9.17, 15) is 10.2 Å². The van der Waals surface area contributed by atoms with Crippen molar-refractivity contribution < 1.29 is 19.7 Å². The van der Waals surface area contributed by atoms with Gasteiger partial charge in [-0.1, -0.05) is 91.0 Å². The number of anilines is 1. The molecule has 11 heteroatoms. The Kier molecular flexibility index (Phi) is 11.1. The average Bonchev–Trinajstić information content (AvgIpc) is 3.71. The smallest absolute Gasteiger partial charge is 0.168 e. The molecule has 11 nitrogen and oxygen atoms in total. The molecule has 50 heavy (non-hydrogen) atoms. The summed E-state index contributed by atoms with van der Waals surface area (Å²) in [4.78, 5) is 14.6. The van der Waals surface area contributed by atoms with Gasteiger partial charge in [0, 0.05) is 38.2 Å². The summed E-state index contributed by atoms with van der Waals surface area (Å²) in [7, 11) is 1.54. The lowest BCUT2D eigenvalue weighted by atomic mass is 9.91. The highest BCUT2D eigenvalue weighted by Crippen LogP contribution is 2.33. The molecule has 3 aromatic carbocycles. The lowest BCUT2D eigenvalue weighted by Gasteiger charge is -2.30. The van der Waals surface area contributed by atoms with Crippen LogP contribution in [0.5, 0.6) is 0 Å². The van der Waals surface area contributed by atoms with Gasteiger partial charge in [-0.05, 0) is 42.4 Å². The zero-order valence-electron chi connectivity index (χ0n) is 28.4. The summed E-state index contributed by atoms with van der Waals surface area (Å²) in [5.74, 6) is 1.29. The summed E-state index contributed by atoms with van der Waals surface area (Å²) < 4.78 is 13.0. The number of hydrogen-bond donors (Lipinski definition) is 5. The monoisotopic (exact) mass is 677 g/mol. The van der Waals surface area contributed by atoms with E-state index < -0.39 is 24.5 Å². The van der Waals surface area contributed by atoms with E-state index in [4.69, 9.17) is 24.4 Å². The third kappa shape index (κ3) is 7.88. The summed E-state index contributed by atoms with van der Waals surface area (Å²) >= 11 is 0. The Morgan fingerprint density at radius 3 is 2.02 bits per heavy atom. The van der Waals surface area contributed by atoms with Crippen molar-refractivity contribution in [3.8, 4) is 0 Å². The van der Waals surface area contributed by atoms with Crippen molar-refractivity contribution in [1.29, 1.82) is 0 Å². The van der Waals surface area contributed by atoms with E-state index in [1.807, 2.05) is 12.1 Å². The number of nitrogens with zero attached hydrogens (tertiary/aromatic N) is 4. The Morgan fingerprint density at radius 1 is 0.800 bits per heavy atom. The van der Waals surface area contributed by atoms with Crippen molar-refractivity contribution in [3.05, 3.63) is 120 Å². The number of methoxy groups -OCH3 is 1. The normalized spacial score (nSPS) is 23.8. The molecule has 3 heterocycles. The number of hydrogen-bond acceptors (Lipinski definition) is 10. The molecule has 0 amide bonds. The Balaban J connectivity index is 1.10. The van der Waals surface area contributed by atoms with Crippen LogP contribution in [0.25, 0.3) is 11.2 Å². The Labute approximate surface area is 293 Å². The van der Waals surface area contributed by atoms with Gasteiger partial charge in [-0.3, -0.25) is 4.57 Å². The highest BCUT2D eigenvalue weighted by molar-refractivity contribution is 5.83. The molecule has 5 aromatic rings. The average molecular weight is 678 g/mol. The highest BCUT2D eigenvalue weighted by atomic mass is 16.6. The summed E-state index contributed by atoms with van der Waals surface area (Å²) in [6, 6.07) is 32.3. The molecule has 262 valence electrons. The molecule has 1 aliphatic heterocycles. The van der Waals surface area contributed by atoms with E-state index in [1.54, 1.807) is 18.0 Å². The van der Waals surface area contributed by atoms with Crippen molar-refractivity contribution in [1.82, 2.24) is 30.2 Å². The van der Waals surface area contributed by atoms with Crippen molar-refractivity contribution in [2.75, 3.05) is 25.6 Å². The molecule has 1 saturated heterocycles. The third-order valence-electron chi connectivity index (χ3n) is 10.0. The SMILES string of the molecule is COC[C@H]1O[C@@H](n2cnc3c(NCC(c4ccccc4)c4ccccc4)nc(CN[C@H]4CC[C@H](NCc5ccccc5)CC4)nc32)[C@H](O)[C@@H]1O. The second-order valence-corrected chi connectivity index (χ2v) is 13.4. The minimum absolute atomic E-state index is 0.0710. The van der Waals surface area contributed by atoms with Gasteiger partial charge >= 0.3 is 0 Å². The number of imidazole rings is 1. The molecule has 2 aromatic heterocycles. The van der Waals surface area contributed by atoms with Gasteiger partial charge in [0.05, 0.1) is 19.5 Å². The predicted octanol–water partition coefficient (Wildman–Crippen LogP) is 4.53. The van der Waals surface area contributed by atoms with Gasteiger partial charge in [-0.25, -0.2) is 15.0 Å². The minimum Gasteiger partial charge on any atom is -0.387 e. The van der Waals surface area contributed by atoms with Crippen LogP contribution in [-0.4, -0.2) is 80.4 Å². The van der Waals surface area contributed by atoms with Crippen LogP contribution in [0.2, 0.25) is 0 Å².